The summed E-state index contributed by atoms with van der Waals surface area (Å²) < 4.78 is 0. The van der Waals surface area contributed by atoms with E-state index < -0.39 is 5.97 Å². The quantitative estimate of drug-likeness (QED) is 0.849. The Kier molecular flexibility index (Phi) is 4.17. The van der Waals surface area contributed by atoms with Gasteiger partial charge in [-0.2, -0.15) is 0 Å². The molecular weight excluding hydrogens is 250 g/mol. The van der Waals surface area contributed by atoms with Crippen molar-refractivity contribution in [2.75, 3.05) is 11.4 Å². The predicted molar refractivity (Wildman–Crippen MR) is 83.2 cm³/mol. The van der Waals surface area contributed by atoms with Gasteiger partial charge in [-0.25, -0.2) is 4.79 Å². The number of rotatable bonds is 3. The molecule has 1 aromatic carbocycles. The number of benzene rings is 1. The summed E-state index contributed by atoms with van der Waals surface area (Å²) in [7, 11) is 0. The highest BCUT2D eigenvalue weighted by molar-refractivity contribution is 5.89. The van der Waals surface area contributed by atoms with Crippen LogP contribution in [0.15, 0.2) is 24.3 Å². The zero-order valence-electron chi connectivity index (χ0n) is 12.7. The van der Waals surface area contributed by atoms with E-state index in [0.717, 1.165) is 24.1 Å². The van der Waals surface area contributed by atoms with Gasteiger partial charge in [-0.1, -0.05) is 13.0 Å². The summed E-state index contributed by atoms with van der Waals surface area (Å²) in [5, 5.41) is 8.87. The van der Waals surface area contributed by atoms with E-state index in [0.29, 0.717) is 12.0 Å². The first-order chi connectivity index (χ1) is 9.40. The lowest BCUT2D eigenvalue weighted by Crippen LogP contribution is -2.36. The second kappa shape index (κ2) is 5.70. The van der Waals surface area contributed by atoms with Gasteiger partial charge in [0, 0.05) is 24.4 Å². The smallest absolute Gasteiger partial charge is 0.328 e. The van der Waals surface area contributed by atoms with Crippen LogP contribution in [0.5, 0.6) is 0 Å². The normalized spacial score (nSPS) is 19.1. The van der Waals surface area contributed by atoms with Crippen LogP contribution in [0.1, 0.15) is 51.2 Å². The molecule has 0 saturated carbocycles. The van der Waals surface area contributed by atoms with Gasteiger partial charge in [-0.05, 0) is 61.9 Å². The van der Waals surface area contributed by atoms with E-state index in [9.17, 15) is 4.79 Å². The van der Waals surface area contributed by atoms with Crippen molar-refractivity contribution < 1.29 is 9.90 Å². The number of anilines is 1. The van der Waals surface area contributed by atoms with E-state index in [1.54, 1.807) is 0 Å². The van der Waals surface area contributed by atoms with Crippen molar-refractivity contribution in [3.05, 3.63) is 35.4 Å². The minimum Gasteiger partial charge on any atom is -0.478 e. The third-order valence-electron chi connectivity index (χ3n) is 4.09. The van der Waals surface area contributed by atoms with Gasteiger partial charge < -0.3 is 10.0 Å². The fourth-order valence-electron chi connectivity index (χ4n) is 2.87. The fourth-order valence-corrected chi connectivity index (χ4v) is 2.87. The van der Waals surface area contributed by atoms with Crippen molar-refractivity contribution in [2.24, 2.45) is 0 Å². The summed E-state index contributed by atoms with van der Waals surface area (Å²) >= 11 is 0. The Morgan fingerprint density at radius 2 is 2.15 bits per heavy atom. The van der Waals surface area contributed by atoms with Gasteiger partial charge in [-0.15, -0.1) is 0 Å². The summed E-state index contributed by atoms with van der Waals surface area (Å²) in [5.41, 5.74) is 4.43. The lowest BCUT2D eigenvalue weighted by molar-refractivity contribution is -0.131. The molecule has 3 heteroatoms. The molecular formula is C17H23NO2. The Labute approximate surface area is 120 Å². The topological polar surface area (TPSA) is 40.5 Å². The van der Waals surface area contributed by atoms with E-state index in [-0.39, 0.29) is 0 Å². The average Bonchev–Trinajstić information content (AvgIpc) is 2.37. The van der Waals surface area contributed by atoms with Crippen LogP contribution in [-0.2, 0) is 4.79 Å². The molecule has 108 valence electrons. The number of allylic oxidation sites excluding steroid dienone is 1. The Morgan fingerprint density at radius 1 is 1.45 bits per heavy atom. The van der Waals surface area contributed by atoms with Crippen LogP contribution < -0.4 is 4.90 Å². The minimum absolute atomic E-state index is 0.489. The first-order valence-electron chi connectivity index (χ1n) is 7.22. The molecule has 3 nitrogen and oxygen atoms in total. The van der Waals surface area contributed by atoms with Gasteiger partial charge in [-0.3, -0.25) is 0 Å². The molecule has 0 amide bonds. The van der Waals surface area contributed by atoms with Crippen LogP contribution in [0.4, 0.5) is 5.69 Å². The third kappa shape index (κ3) is 2.87. The second-order valence-electron chi connectivity index (χ2n) is 5.92. The molecule has 20 heavy (non-hydrogen) atoms. The molecule has 1 atom stereocenters. The van der Waals surface area contributed by atoms with Crippen LogP contribution in [-0.4, -0.2) is 23.7 Å². The lowest BCUT2D eigenvalue weighted by atomic mass is 9.88. The molecule has 0 fully saturated rings. The maximum Gasteiger partial charge on any atom is 0.328 e. The van der Waals surface area contributed by atoms with Crippen LogP contribution in [0.25, 0.3) is 5.57 Å². The van der Waals surface area contributed by atoms with Crippen molar-refractivity contribution in [1.29, 1.82) is 0 Å². The average molecular weight is 273 g/mol. The molecule has 1 aliphatic heterocycles. The van der Waals surface area contributed by atoms with E-state index in [1.807, 2.05) is 13.0 Å². The summed E-state index contributed by atoms with van der Waals surface area (Å²) in [6.07, 6.45) is 2.42. The SMILES string of the molecule is CC(=CC(=O)O)c1ccc2c(c1)C(C)CCN2C(C)C. The first-order valence-corrected chi connectivity index (χ1v) is 7.22. The molecule has 1 aliphatic rings. The predicted octanol–water partition coefficient (Wildman–Crippen LogP) is 3.90. The molecule has 0 saturated heterocycles. The minimum atomic E-state index is -0.892. The van der Waals surface area contributed by atoms with Crippen molar-refractivity contribution in [2.45, 2.75) is 46.1 Å². The van der Waals surface area contributed by atoms with Crippen molar-refractivity contribution >= 4 is 17.2 Å². The Bertz CT molecular complexity index is 546. The van der Waals surface area contributed by atoms with Crippen molar-refractivity contribution in [3.63, 3.8) is 0 Å². The molecule has 1 unspecified atom stereocenters. The maximum absolute atomic E-state index is 10.8. The number of aliphatic carboxylic acids is 1. The highest BCUT2D eigenvalue weighted by Gasteiger charge is 2.24. The Morgan fingerprint density at radius 3 is 2.75 bits per heavy atom. The summed E-state index contributed by atoms with van der Waals surface area (Å²) in [6.45, 7) is 9.61. The van der Waals surface area contributed by atoms with Crippen LogP contribution >= 0.6 is 0 Å². The maximum atomic E-state index is 10.8. The summed E-state index contributed by atoms with van der Waals surface area (Å²) in [4.78, 5) is 13.2. The molecule has 0 radical (unpaired) electrons. The number of carbonyl (C=O) groups is 1. The van der Waals surface area contributed by atoms with Gasteiger partial charge in [0.2, 0.25) is 0 Å². The monoisotopic (exact) mass is 273 g/mol. The highest BCUT2D eigenvalue weighted by atomic mass is 16.4. The number of carboxylic acid groups (broad SMARTS) is 1. The largest absolute Gasteiger partial charge is 0.478 e. The Hall–Kier alpha value is -1.77. The zero-order chi connectivity index (χ0) is 14.9. The van der Waals surface area contributed by atoms with Crippen LogP contribution in [0.3, 0.4) is 0 Å². The van der Waals surface area contributed by atoms with E-state index in [2.05, 4.69) is 37.8 Å². The highest BCUT2D eigenvalue weighted by Crippen LogP contribution is 2.37. The molecule has 0 aromatic heterocycles. The molecule has 1 heterocycles. The fraction of sp³-hybridized carbons (Fsp3) is 0.471. The molecule has 1 N–H and O–H groups in total. The summed E-state index contributed by atoms with van der Waals surface area (Å²) in [6, 6.07) is 6.81. The van der Waals surface area contributed by atoms with Gasteiger partial charge >= 0.3 is 5.97 Å². The third-order valence-corrected chi connectivity index (χ3v) is 4.09. The van der Waals surface area contributed by atoms with Gasteiger partial charge in [0.15, 0.2) is 0 Å². The van der Waals surface area contributed by atoms with E-state index in [4.69, 9.17) is 5.11 Å². The first kappa shape index (κ1) is 14.6. The van der Waals surface area contributed by atoms with Crippen molar-refractivity contribution in [3.8, 4) is 0 Å². The second-order valence-corrected chi connectivity index (χ2v) is 5.92. The number of carboxylic acids is 1. The molecule has 1 aromatic rings. The molecule has 2 rings (SSSR count). The van der Waals surface area contributed by atoms with Crippen molar-refractivity contribution in [1.82, 2.24) is 0 Å². The number of hydrogen-bond donors (Lipinski definition) is 1. The lowest BCUT2D eigenvalue weighted by Gasteiger charge is -2.37. The molecule has 0 bridgehead atoms. The van der Waals surface area contributed by atoms with Crippen LogP contribution in [0, 0.1) is 0 Å². The molecule has 0 spiro atoms. The zero-order valence-corrected chi connectivity index (χ0v) is 12.7. The number of hydrogen-bond acceptors (Lipinski definition) is 2. The van der Waals surface area contributed by atoms with Gasteiger partial charge in [0.1, 0.15) is 0 Å². The number of fused-ring (bicyclic) bond motifs is 1. The van der Waals surface area contributed by atoms with E-state index in [1.165, 1.54) is 17.3 Å². The summed E-state index contributed by atoms with van der Waals surface area (Å²) in [5.74, 6) is -0.366. The van der Waals surface area contributed by atoms with Crippen LogP contribution in [0.2, 0.25) is 0 Å². The van der Waals surface area contributed by atoms with E-state index >= 15 is 0 Å². The number of nitrogens with zero attached hydrogens (tertiary/aromatic N) is 1. The Balaban J connectivity index is 2.44. The van der Waals surface area contributed by atoms with Gasteiger partial charge in [0.25, 0.3) is 0 Å². The van der Waals surface area contributed by atoms with Gasteiger partial charge in [0.05, 0.1) is 0 Å². The molecule has 0 aliphatic carbocycles. The standard InChI is InChI=1S/C17H23NO2/c1-11(2)18-8-7-12(3)15-10-14(5-6-16(15)18)13(4)9-17(19)20/h5-6,9-12H,7-8H2,1-4H3,(H,19,20).